The van der Waals surface area contributed by atoms with Gasteiger partial charge < -0.3 is 5.32 Å². The number of benzene rings is 1. The molecule has 0 saturated carbocycles. The first-order chi connectivity index (χ1) is 8.27. The topological polar surface area (TPSA) is 55.6 Å². The number of rotatable bonds is 5. The number of hydrogen-bond donors (Lipinski definition) is 1. The van der Waals surface area contributed by atoms with Crippen molar-refractivity contribution in [1.29, 1.82) is 0 Å². The van der Waals surface area contributed by atoms with E-state index in [9.17, 15) is 0 Å². The molecule has 0 amide bonds. The van der Waals surface area contributed by atoms with E-state index < -0.39 is 0 Å². The minimum atomic E-state index is 0.670. The van der Waals surface area contributed by atoms with E-state index in [0.29, 0.717) is 11.9 Å². The van der Waals surface area contributed by atoms with Crippen molar-refractivity contribution >= 4 is 5.95 Å². The third kappa shape index (κ3) is 3.03. The van der Waals surface area contributed by atoms with Crippen LogP contribution in [0.4, 0.5) is 5.95 Å². The zero-order valence-corrected chi connectivity index (χ0v) is 10.2. The van der Waals surface area contributed by atoms with Crippen molar-refractivity contribution < 1.29 is 0 Å². The van der Waals surface area contributed by atoms with Crippen LogP contribution in [0, 0.1) is 5.92 Å². The Morgan fingerprint density at radius 3 is 2.71 bits per heavy atom. The Balaban J connectivity index is 2.07. The number of para-hydroxylation sites is 1. The summed E-state index contributed by atoms with van der Waals surface area (Å²) >= 11 is 0. The second-order valence-electron chi connectivity index (χ2n) is 4.36. The second kappa shape index (κ2) is 5.43. The molecule has 90 valence electrons. The highest BCUT2D eigenvalue weighted by Gasteiger charge is 2.06. The Kier molecular flexibility index (Phi) is 3.69. The average Bonchev–Trinajstić information content (AvgIpc) is 2.78. The minimum Gasteiger partial charge on any atom is -0.353 e. The van der Waals surface area contributed by atoms with Gasteiger partial charge in [0.25, 0.3) is 0 Å². The summed E-state index contributed by atoms with van der Waals surface area (Å²) in [4.78, 5) is 0. The molecule has 1 aromatic heterocycles. The maximum absolute atomic E-state index is 3.98. The lowest BCUT2D eigenvalue weighted by atomic mass is 10.1. The van der Waals surface area contributed by atoms with Gasteiger partial charge in [0.15, 0.2) is 0 Å². The van der Waals surface area contributed by atoms with E-state index in [1.807, 2.05) is 30.3 Å². The first-order valence-corrected chi connectivity index (χ1v) is 5.85. The van der Waals surface area contributed by atoms with E-state index in [0.717, 1.165) is 18.7 Å². The molecule has 1 N–H and O–H groups in total. The maximum atomic E-state index is 3.98. The number of nitrogens with zero attached hydrogens (tertiary/aromatic N) is 4. The van der Waals surface area contributed by atoms with Crippen molar-refractivity contribution in [2.24, 2.45) is 5.92 Å². The molecule has 0 radical (unpaired) electrons. The lowest BCUT2D eigenvalue weighted by Crippen LogP contribution is -2.10. The van der Waals surface area contributed by atoms with Crippen LogP contribution in [0.3, 0.4) is 0 Å². The highest BCUT2D eigenvalue weighted by molar-refractivity contribution is 5.38. The molecule has 2 rings (SSSR count). The Bertz CT molecular complexity index is 449. The molecule has 0 spiro atoms. The minimum absolute atomic E-state index is 0.670. The zero-order chi connectivity index (χ0) is 12.1. The van der Waals surface area contributed by atoms with Crippen molar-refractivity contribution in [2.45, 2.75) is 20.3 Å². The quantitative estimate of drug-likeness (QED) is 0.856. The summed E-state index contributed by atoms with van der Waals surface area (Å²) < 4.78 is 1.71. The van der Waals surface area contributed by atoms with Gasteiger partial charge in [-0.25, -0.2) is 0 Å². The summed E-state index contributed by atoms with van der Waals surface area (Å²) in [5.41, 5.74) is 0.963. The van der Waals surface area contributed by atoms with Gasteiger partial charge in [-0.15, -0.1) is 0 Å². The first-order valence-electron chi connectivity index (χ1n) is 5.85. The van der Waals surface area contributed by atoms with E-state index in [1.165, 1.54) is 0 Å². The fraction of sp³-hybridized carbons (Fsp3) is 0.417. The lowest BCUT2D eigenvalue weighted by molar-refractivity contribution is 0.605. The van der Waals surface area contributed by atoms with Crippen LogP contribution in [-0.2, 0) is 0 Å². The van der Waals surface area contributed by atoms with Gasteiger partial charge in [0.1, 0.15) is 0 Å². The molecule has 2 aromatic rings. The van der Waals surface area contributed by atoms with Gasteiger partial charge in [0, 0.05) is 6.54 Å². The van der Waals surface area contributed by atoms with Gasteiger partial charge in [-0.1, -0.05) is 37.1 Å². The summed E-state index contributed by atoms with van der Waals surface area (Å²) in [5.74, 6) is 1.36. The van der Waals surface area contributed by atoms with E-state index in [-0.39, 0.29) is 0 Å². The predicted octanol–water partition coefficient (Wildman–Crippen LogP) is 2.12. The fourth-order valence-electron chi connectivity index (χ4n) is 1.51. The summed E-state index contributed by atoms with van der Waals surface area (Å²) in [6.07, 6.45) is 1.10. The number of anilines is 1. The Morgan fingerprint density at radius 2 is 2.00 bits per heavy atom. The molecule has 0 fully saturated rings. The molecular formula is C12H17N5. The molecule has 0 aliphatic carbocycles. The van der Waals surface area contributed by atoms with Crippen molar-refractivity contribution in [3.05, 3.63) is 30.3 Å². The van der Waals surface area contributed by atoms with Crippen molar-refractivity contribution in [1.82, 2.24) is 20.2 Å². The van der Waals surface area contributed by atoms with E-state index in [2.05, 4.69) is 34.7 Å². The number of aromatic nitrogens is 4. The number of tetrazole rings is 1. The molecule has 0 atom stereocenters. The van der Waals surface area contributed by atoms with Gasteiger partial charge >= 0.3 is 0 Å². The van der Waals surface area contributed by atoms with Crippen LogP contribution in [0.1, 0.15) is 20.3 Å². The lowest BCUT2D eigenvalue weighted by Gasteiger charge is -2.08. The van der Waals surface area contributed by atoms with Crippen LogP contribution >= 0.6 is 0 Å². The normalized spacial score (nSPS) is 10.8. The van der Waals surface area contributed by atoms with Crippen LogP contribution in [-0.4, -0.2) is 26.8 Å². The molecule has 17 heavy (non-hydrogen) atoms. The Morgan fingerprint density at radius 1 is 1.24 bits per heavy atom. The molecule has 0 unspecified atom stereocenters. The van der Waals surface area contributed by atoms with Crippen LogP contribution in [0.15, 0.2) is 30.3 Å². The van der Waals surface area contributed by atoms with Crippen molar-refractivity contribution in [3.8, 4) is 5.69 Å². The zero-order valence-electron chi connectivity index (χ0n) is 10.2. The van der Waals surface area contributed by atoms with E-state index in [4.69, 9.17) is 0 Å². The highest BCUT2D eigenvalue weighted by atomic mass is 15.6. The second-order valence-corrected chi connectivity index (χ2v) is 4.36. The van der Waals surface area contributed by atoms with Crippen LogP contribution in [0.5, 0.6) is 0 Å². The molecular weight excluding hydrogens is 214 g/mol. The third-order valence-corrected chi connectivity index (χ3v) is 2.48. The monoisotopic (exact) mass is 231 g/mol. The van der Waals surface area contributed by atoms with Gasteiger partial charge in [0.2, 0.25) is 5.95 Å². The fourth-order valence-corrected chi connectivity index (χ4v) is 1.51. The van der Waals surface area contributed by atoms with Crippen LogP contribution in [0.25, 0.3) is 5.69 Å². The SMILES string of the molecule is CC(C)CCNc1nnnn1-c1ccccc1. The molecule has 0 saturated heterocycles. The van der Waals surface area contributed by atoms with Crippen LogP contribution < -0.4 is 5.32 Å². The summed E-state index contributed by atoms with van der Waals surface area (Å²) in [7, 11) is 0. The third-order valence-electron chi connectivity index (χ3n) is 2.48. The van der Waals surface area contributed by atoms with Gasteiger partial charge in [-0.05, 0) is 34.9 Å². The van der Waals surface area contributed by atoms with Crippen molar-refractivity contribution in [3.63, 3.8) is 0 Å². The highest BCUT2D eigenvalue weighted by Crippen LogP contribution is 2.10. The number of hydrogen-bond acceptors (Lipinski definition) is 4. The van der Waals surface area contributed by atoms with Gasteiger partial charge in [0.05, 0.1) is 5.69 Å². The molecule has 5 heteroatoms. The molecule has 0 bridgehead atoms. The number of nitrogens with one attached hydrogen (secondary N) is 1. The Hall–Kier alpha value is -1.91. The standard InChI is InChI=1S/C12H17N5/c1-10(2)8-9-13-12-14-15-16-17(12)11-6-4-3-5-7-11/h3-7,10H,8-9H2,1-2H3,(H,13,14,16). The smallest absolute Gasteiger partial charge is 0.247 e. The average molecular weight is 231 g/mol. The van der Waals surface area contributed by atoms with Crippen LogP contribution in [0.2, 0.25) is 0 Å². The van der Waals surface area contributed by atoms with Crippen molar-refractivity contribution in [2.75, 3.05) is 11.9 Å². The maximum Gasteiger partial charge on any atom is 0.247 e. The summed E-state index contributed by atoms with van der Waals surface area (Å²) in [6, 6.07) is 9.86. The summed E-state index contributed by atoms with van der Waals surface area (Å²) in [6.45, 7) is 5.27. The van der Waals surface area contributed by atoms with E-state index in [1.54, 1.807) is 4.68 Å². The predicted molar refractivity (Wildman–Crippen MR) is 67.1 cm³/mol. The molecule has 0 aliphatic rings. The molecule has 1 aromatic carbocycles. The van der Waals surface area contributed by atoms with E-state index >= 15 is 0 Å². The molecule has 1 heterocycles. The first kappa shape index (κ1) is 11.6. The largest absolute Gasteiger partial charge is 0.353 e. The molecule has 5 nitrogen and oxygen atoms in total. The summed E-state index contributed by atoms with van der Waals surface area (Å²) in [5, 5.41) is 14.9. The van der Waals surface area contributed by atoms with Gasteiger partial charge in [-0.2, -0.15) is 4.68 Å². The van der Waals surface area contributed by atoms with Gasteiger partial charge in [-0.3, -0.25) is 0 Å². The molecule has 0 aliphatic heterocycles. The Labute approximate surface area is 101 Å².